The molecule has 3 aliphatic carbocycles. The normalized spacial score (nSPS) is 46.6. The first-order valence-electron chi connectivity index (χ1n) is 7.90. The molecule has 0 aromatic carbocycles. The Morgan fingerprint density at radius 2 is 1.11 bits per heavy atom. The van der Waals surface area contributed by atoms with Gasteiger partial charge >= 0.3 is 0 Å². The van der Waals surface area contributed by atoms with Crippen LogP contribution in [0.5, 0.6) is 0 Å². The molecule has 0 amide bonds. The summed E-state index contributed by atoms with van der Waals surface area (Å²) < 4.78 is 0. The molecule has 3 rings (SSSR count). The lowest BCUT2D eigenvalue weighted by molar-refractivity contribution is -0.327. The summed E-state index contributed by atoms with van der Waals surface area (Å²) >= 11 is 0. The van der Waals surface area contributed by atoms with Gasteiger partial charge in [0, 0.05) is 0 Å². The van der Waals surface area contributed by atoms with Gasteiger partial charge < -0.3 is 0 Å². The van der Waals surface area contributed by atoms with Gasteiger partial charge in [-0.05, 0) is 46.8 Å². The maximum absolute atomic E-state index is 2.55. The molecule has 0 radical (unpaired) electrons. The summed E-state index contributed by atoms with van der Waals surface area (Å²) in [7, 11) is 0. The molecule has 110 valence electrons. The van der Waals surface area contributed by atoms with E-state index >= 15 is 0 Å². The Bertz CT molecular complexity index is 427. The lowest BCUT2D eigenvalue weighted by Crippen LogP contribution is -2.76. The number of rotatable bonds is 0. The van der Waals surface area contributed by atoms with Crippen LogP contribution >= 0.6 is 0 Å². The van der Waals surface area contributed by atoms with E-state index in [9.17, 15) is 0 Å². The van der Waals surface area contributed by atoms with Crippen LogP contribution in [0.15, 0.2) is 11.1 Å². The molecule has 0 N–H and O–H groups in total. The molecular weight excluding hydrogens is 228 g/mol. The first-order chi connectivity index (χ1) is 8.23. The van der Waals surface area contributed by atoms with Gasteiger partial charge in [-0.2, -0.15) is 0 Å². The number of fused-ring (bicyclic) bond motifs is 2. The Labute approximate surface area is 121 Å². The summed E-state index contributed by atoms with van der Waals surface area (Å²) in [5.74, 6) is 0.653. The fourth-order valence-corrected chi connectivity index (χ4v) is 6.74. The molecule has 0 saturated heterocycles. The summed E-state index contributed by atoms with van der Waals surface area (Å²) in [5.41, 5.74) is 4.93. The van der Waals surface area contributed by atoms with E-state index in [1.54, 1.807) is 11.1 Å². The van der Waals surface area contributed by atoms with Crippen molar-refractivity contribution in [1.82, 2.24) is 0 Å². The van der Waals surface area contributed by atoms with Gasteiger partial charge in [0.2, 0.25) is 0 Å². The number of hydrogen-bond acceptors (Lipinski definition) is 0. The van der Waals surface area contributed by atoms with Crippen LogP contribution in [-0.2, 0) is 0 Å². The molecule has 1 saturated carbocycles. The Hall–Kier alpha value is -0.260. The van der Waals surface area contributed by atoms with E-state index in [1.807, 2.05) is 0 Å². The minimum Gasteiger partial charge on any atom is -0.0704 e. The third kappa shape index (κ3) is 1.05. The van der Waals surface area contributed by atoms with Gasteiger partial charge in [-0.3, -0.25) is 0 Å². The molecule has 0 spiro atoms. The monoisotopic (exact) mass is 262 g/mol. The molecule has 0 aromatic rings. The molecule has 3 aliphatic rings. The topological polar surface area (TPSA) is 0 Å². The maximum atomic E-state index is 2.55. The second-order valence-corrected chi connectivity index (χ2v) is 9.25. The molecule has 2 bridgehead atoms. The van der Waals surface area contributed by atoms with Crippen molar-refractivity contribution in [2.24, 2.45) is 33.0 Å². The van der Waals surface area contributed by atoms with Crippen molar-refractivity contribution in [3.63, 3.8) is 0 Å². The van der Waals surface area contributed by atoms with Crippen molar-refractivity contribution in [3.8, 4) is 0 Å². The first kappa shape index (κ1) is 15.1. The van der Waals surface area contributed by atoms with Crippen LogP contribution < -0.4 is 0 Å². The minimum atomic E-state index is 0.306. The van der Waals surface area contributed by atoms with E-state index in [1.165, 1.54) is 0 Å². The molecule has 1 unspecified atom stereocenters. The van der Waals surface area contributed by atoms with Gasteiger partial charge in [0.25, 0.3) is 0 Å². The fraction of sp³-hybridized carbons (Fsp3) is 0.895. The summed E-state index contributed by atoms with van der Waals surface area (Å²) in [5, 5.41) is 0. The summed E-state index contributed by atoms with van der Waals surface area (Å²) in [6, 6.07) is 0. The second-order valence-electron chi connectivity index (χ2n) is 9.25. The van der Waals surface area contributed by atoms with Gasteiger partial charge in [0.15, 0.2) is 0 Å². The van der Waals surface area contributed by atoms with E-state index in [0.717, 1.165) is 0 Å². The third-order valence-corrected chi connectivity index (χ3v) is 9.36. The van der Waals surface area contributed by atoms with Crippen LogP contribution in [0.25, 0.3) is 0 Å². The predicted molar refractivity (Wildman–Crippen MR) is 85.1 cm³/mol. The van der Waals surface area contributed by atoms with Crippen LogP contribution in [-0.4, -0.2) is 0 Å². The molecule has 0 nitrogen and oxygen atoms in total. The molecule has 0 aliphatic heterocycles. The van der Waals surface area contributed by atoms with Crippen LogP contribution in [0.1, 0.15) is 76.2 Å². The van der Waals surface area contributed by atoms with Crippen molar-refractivity contribution < 1.29 is 0 Å². The number of allylic oxidation sites excluding steroid dienone is 2. The van der Waals surface area contributed by atoms with Gasteiger partial charge in [-0.1, -0.05) is 73.5 Å². The molecule has 1 atom stereocenters. The fourth-order valence-electron chi connectivity index (χ4n) is 6.74. The van der Waals surface area contributed by atoms with Crippen molar-refractivity contribution in [2.45, 2.75) is 76.2 Å². The highest BCUT2D eigenvalue weighted by atomic mass is 14.8. The van der Waals surface area contributed by atoms with Gasteiger partial charge in [0.1, 0.15) is 0 Å². The standard InChI is InChI=1S/C19H34/c1-12-13(2)15(4,5)19(11)16(6,7)18(10,14(12)3)17(19,8)9/h13H,1-11H3. The van der Waals surface area contributed by atoms with Crippen molar-refractivity contribution in [3.05, 3.63) is 11.1 Å². The summed E-state index contributed by atoms with van der Waals surface area (Å²) in [4.78, 5) is 0. The first-order valence-corrected chi connectivity index (χ1v) is 7.90. The minimum absolute atomic E-state index is 0.306. The van der Waals surface area contributed by atoms with Gasteiger partial charge in [0.05, 0.1) is 0 Å². The zero-order chi connectivity index (χ0) is 15.2. The SMILES string of the molecule is CC1=C(C)C2(C)C(C)(C)C(C)(C(C)(C)C1C)C2(C)C. The Balaban J connectivity index is 2.90. The van der Waals surface area contributed by atoms with E-state index in [4.69, 9.17) is 0 Å². The molecule has 0 heterocycles. The molecule has 0 heteroatoms. The quantitative estimate of drug-likeness (QED) is 0.464. The zero-order valence-corrected chi connectivity index (χ0v) is 15.1. The molecule has 0 aromatic heterocycles. The Kier molecular flexibility index (Phi) is 2.64. The smallest absolute Gasteiger partial charge is 0.000305 e. The Morgan fingerprint density at radius 3 is 1.47 bits per heavy atom. The highest BCUT2D eigenvalue weighted by molar-refractivity contribution is 5.42. The van der Waals surface area contributed by atoms with E-state index in [-0.39, 0.29) is 0 Å². The molecule has 1 fully saturated rings. The van der Waals surface area contributed by atoms with Crippen molar-refractivity contribution >= 4 is 0 Å². The van der Waals surface area contributed by atoms with E-state index in [2.05, 4.69) is 76.2 Å². The van der Waals surface area contributed by atoms with E-state index in [0.29, 0.717) is 33.0 Å². The van der Waals surface area contributed by atoms with E-state index < -0.39 is 0 Å². The lowest BCUT2D eigenvalue weighted by atomic mass is 9.22. The highest BCUT2D eigenvalue weighted by Gasteiger charge is 2.81. The van der Waals surface area contributed by atoms with Crippen molar-refractivity contribution in [2.75, 3.05) is 0 Å². The maximum Gasteiger partial charge on any atom is -0.000305 e. The average molecular weight is 262 g/mol. The third-order valence-electron chi connectivity index (χ3n) is 9.36. The average Bonchev–Trinajstić information content (AvgIpc) is 2.34. The second kappa shape index (κ2) is 3.31. The van der Waals surface area contributed by atoms with Crippen LogP contribution in [0.4, 0.5) is 0 Å². The number of hydrogen-bond donors (Lipinski definition) is 0. The van der Waals surface area contributed by atoms with Gasteiger partial charge in [-0.25, -0.2) is 0 Å². The van der Waals surface area contributed by atoms with Crippen LogP contribution in [0, 0.1) is 33.0 Å². The predicted octanol–water partition coefficient (Wildman–Crippen LogP) is 6.08. The molecular formula is C19H34. The Morgan fingerprint density at radius 1 is 0.737 bits per heavy atom. The highest BCUT2D eigenvalue weighted by Crippen LogP contribution is 2.87. The van der Waals surface area contributed by atoms with Crippen LogP contribution in [0.2, 0.25) is 0 Å². The summed E-state index contributed by atoms with van der Waals surface area (Å²) in [6.45, 7) is 27.3. The molecule has 19 heavy (non-hydrogen) atoms. The zero-order valence-electron chi connectivity index (χ0n) is 15.1. The van der Waals surface area contributed by atoms with Crippen LogP contribution in [0.3, 0.4) is 0 Å². The largest absolute Gasteiger partial charge is 0.0704 e. The van der Waals surface area contributed by atoms with Gasteiger partial charge in [-0.15, -0.1) is 0 Å². The lowest BCUT2D eigenvalue weighted by Gasteiger charge is -2.81. The van der Waals surface area contributed by atoms with Crippen molar-refractivity contribution in [1.29, 1.82) is 0 Å². The summed E-state index contributed by atoms with van der Waals surface area (Å²) in [6.07, 6.45) is 0.